The zero-order chi connectivity index (χ0) is 18.0. The number of likely N-dealkylation sites (tertiary alicyclic amines) is 2. The number of amides is 2. The third-order valence-corrected chi connectivity index (χ3v) is 6.15. The SMILES string of the molecule is CC(NC(=O)CN1C[C@@H]2CCC[C@@]2(C(=O)O)C1)C(=O)N1CCCCC1. The van der Waals surface area contributed by atoms with Gasteiger partial charge in [-0.1, -0.05) is 6.42 Å². The highest BCUT2D eigenvalue weighted by Gasteiger charge is 2.54. The predicted octanol–water partition coefficient (Wildman–Crippen LogP) is 0.690. The van der Waals surface area contributed by atoms with Gasteiger partial charge in [0.2, 0.25) is 11.8 Å². The lowest BCUT2D eigenvalue weighted by Gasteiger charge is -2.29. The van der Waals surface area contributed by atoms with Crippen LogP contribution in [0.3, 0.4) is 0 Å². The lowest BCUT2D eigenvalue weighted by atomic mass is 9.81. The van der Waals surface area contributed by atoms with Gasteiger partial charge in [0.05, 0.1) is 12.0 Å². The van der Waals surface area contributed by atoms with Gasteiger partial charge in [0.25, 0.3) is 0 Å². The molecule has 1 saturated carbocycles. The fourth-order valence-electron chi connectivity index (χ4n) is 4.80. The van der Waals surface area contributed by atoms with Gasteiger partial charge >= 0.3 is 5.97 Å². The van der Waals surface area contributed by atoms with Crippen molar-refractivity contribution in [3.8, 4) is 0 Å². The Balaban J connectivity index is 1.49. The summed E-state index contributed by atoms with van der Waals surface area (Å²) in [7, 11) is 0. The molecule has 2 aliphatic heterocycles. The molecule has 0 aromatic carbocycles. The van der Waals surface area contributed by atoms with Crippen molar-refractivity contribution in [2.75, 3.05) is 32.7 Å². The number of carboxylic acids is 1. The van der Waals surface area contributed by atoms with Crippen LogP contribution in [-0.2, 0) is 14.4 Å². The van der Waals surface area contributed by atoms with Crippen LogP contribution in [0.1, 0.15) is 45.4 Å². The second kappa shape index (κ2) is 7.32. The van der Waals surface area contributed by atoms with Crippen molar-refractivity contribution in [3.05, 3.63) is 0 Å². The molecule has 3 atom stereocenters. The molecule has 3 rings (SSSR count). The lowest BCUT2D eigenvalue weighted by Crippen LogP contribution is -2.50. The van der Waals surface area contributed by atoms with Crippen molar-refractivity contribution in [1.82, 2.24) is 15.1 Å². The van der Waals surface area contributed by atoms with Gasteiger partial charge in [-0.15, -0.1) is 0 Å². The number of aliphatic carboxylic acids is 1. The van der Waals surface area contributed by atoms with Crippen molar-refractivity contribution in [2.45, 2.75) is 51.5 Å². The first-order valence-corrected chi connectivity index (χ1v) is 9.46. The quantitative estimate of drug-likeness (QED) is 0.761. The molecule has 0 radical (unpaired) electrons. The minimum absolute atomic E-state index is 0.0200. The average Bonchev–Trinajstić information content (AvgIpc) is 3.12. The van der Waals surface area contributed by atoms with E-state index in [-0.39, 0.29) is 24.3 Å². The number of carboxylic acid groups (broad SMARTS) is 1. The number of piperidine rings is 1. The van der Waals surface area contributed by atoms with E-state index < -0.39 is 17.4 Å². The van der Waals surface area contributed by atoms with Gasteiger partial charge in [0.1, 0.15) is 6.04 Å². The highest BCUT2D eigenvalue weighted by Crippen LogP contribution is 2.48. The fraction of sp³-hybridized carbons (Fsp3) is 0.833. The van der Waals surface area contributed by atoms with Crippen LogP contribution in [0, 0.1) is 11.3 Å². The fourth-order valence-corrected chi connectivity index (χ4v) is 4.80. The summed E-state index contributed by atoms with van der Waals surface area (Å²) in [4.78, 5) is 40.2. The van der Waals surface area contributed by atoms with E-state index in [1.807, 2.05) is 9.80 Å². The van der Waals surface area contributed by atoms with Gasteiger partial charge in [-0.05, 0) is 44.9 Å². The van der Waals surface area contributed by atoms with E-state index in [1.54, 1.807) is 6.92 Å². The van der Waals surface area contributed by atoms with Gasteiger partial charge in [0.15, 0.2) is 0 Å². The highest BCUT2D eigenvalue weighted by atomic mass is 16.4. The first kappa shape index (κ1) is 18.2. The van der Waals surface area contributed by atoms with E-state index in [9.17, 15) is 19.5 Å². The molecular formula is C18H29N3O4. The van der Waals surface area contributed by atoms with E-state index in [0.29, 0.717) is 19.5 Å². The lowest BCUT2D eigenvalue weighted by molar-refractivity contribution is -0.149. The van der Waals surface area contributed by atoms with Crippen LogP contribution in [0.5, 0.6) is 0 Å². The van der Waals surface area contributed by atoms with Crippen LogP contribution in [0.2, 0.25) is 0 Å². The second-order valence-corrected chi connectivity index (χ2v) is 7.90. The maximum atomic E-state index is 12.4. The summed E-state index contributed by atoms with van der Waals surface area (Å²) in [6.07, 6.45) is 5.80. The molecule has 25 heavy (non-hydrogen) atoms. The Morgan fingerprint density at radius 3 is 2.56 bits per heavy atom. The third kappa shape index (κ3) is 3.66. The van der Waals surface area contributed by atoms with Crippen molar-refractivity contribution in [1.29, 1.82) is 0 Å². The molecule has 2 N–H and O–H groups in total. The summed E-state index contributed by atoms with van der Waals surface area (Å²) in [5.41, 5.74) is -0.671. The Kier molecular flexibility index (Phi) is 5.32. The van der Waals surface area contributed by atoms with Gasteiger partial charge in [0, 0.05) is 26.2 Å². The van der Waals surface area contributed by atoms with Crippen molar-refractivity contribution < 1.29 is 19.5 Å². The minimum Gasteiger partial charge on any atom is -0.481 e. The number of nitrogens with one attached hydrogen (secondary N) is 1. The summed E-state index contributed by atoms with van der Waals surface area (Å²) in [6, 6.07) is -0.527. The molecule has 0 spiro atoms. The first-order valence-electron chi connectivity index (χ1n) is 9.46. The molecule has 7 nitrogen and oxygen atoms in total. The zero-order valence-corrected chi connectivity index (χ0v) is 15.0. The molecule has 0 aromatic heterocycles. The van der Waals surface area contributed by atoms with Crippen LogP contribution in [0.15, 0.2) is 0 Å². The molecule has 1 unspecified atom stereocenters. The largest absolute Gasteiger partial charge is 0.481 e. The van der Waals surface area contributed by atoms with E-state index in [2.05, 4.69) is 5.32 Å². The van der Waals surface area contributed by atoms with E-state index in [4.69, 9.17) is 0 Å². The number of hydrogen-bond acceptors (Lipinski definition) is 4. The number of fused-ring (bicyclic) bond motifs is 1. The number of nitrogens with zero attached hydrogens (tertiary/aromatic N) is 2. The Morgan fingerprint density at radius 2 is 1.92 bits per heavy atom. The van der Waals surface area contributed by atoms with Crippen LogP contribution in [0.25, 0.3) is 0 Å². The van der Waals surface area contributed by atoms with Gasteiger partial charge < -0.3 is 15.3 Å². The Morgan fingerprint density at radius 1 is 1.20 bits per heavy atom. The maximum absolute atomic E-state index is 12.4. The van der Waals surface area contributed by atoms with E-state index >= 15 is 0 Å². The summed E-state index contributed by atoms with van der Waals surface area (Å²) in [6.45, 7) is 4.54. The molecule has 2 saturated heterocycles. The summed E-state index contributed by atoms with van der Waals surface area (Å²) >= 11 is 0. The Hall–Kier alpha value is -1.63. The van der Waals surface area contributed by atoms with Crippen LogP contribution in [0.4, 0.5) is 0 Å². The molecule has 2 amide bonds. The smallest absolute Gasteiger partial charge is 0.311 e. The van der Waals surface area contributed by atoms with Crippen LogP contribution < -0.4 is 5.32 Å². The third-order valence-electron chi connectivity index (χ3n) is 6.15. The summed E-state index contributed by atoms with van der Waals surface area (Å²) < 4.78 is 0. The molecule has 3 aliphatic rings. The summed E-state index contributed by atoms with van der Waals surface area (Å²) in [5, 5.41) is 12.4. The van der Waals surface area contributed by atoms with Crippen molar-refractivity contribution in [2.24, 2.45) is 11.3 Å². The minimum atomic E-state index is -0.730. The number of hydrogen-bond donors (Lipinski definition) is 2. The molecule has 0 aromatic rings. The Bertz CT molecular complexity index is 546. The number of carbonyl (C=O) groups is 3. The molecule has 3 fully saturated rings. The first-order chi connectivity index (χ1) is 11.9. The van der Waals surface area contributed by atoms with E-state index in [1.165, 1.54) is 0 Å². The van der Waals surface area contributed by atoms with Gasteiger partial charge in [-0.2, -0.15) is 0 Å². The standard InChI is InChI=1S/C18H29N3O4/c1-13(16(23)21-8-3-2-4-9-21)19-15(22)11-20-10-14-6-5-7-18(14,12-20)17(24)25/h13-14H,2-12H2,1H3,(H,19,22)(H,24,25)/t13?,14-,18+/m0/s1. The van der Waals surface area contributed by atoms with E-state index in [0.717, 1.165) is 45.2 Å². The summed E-state index contributed by atoms with van der Waals surface area (Å²) in [5.74, 6) is -0.802. The number of carbonyl (C=O) groups excluding carboxylic acids is 2. The molecule has 2 heterocycles. The number of rotatable bonds is 5. The van der Waals surface area contributed by atoms with Crippen LogP contribution >= 0.6 is 0 Å². The molecule has 1 aliphatic carbocycles. The molecule has 0 bridgehead atoms. The highest BCUT2D eigenvalue weighted by molar-refractivity contribution is 5.88. The van der Waals surface area contributed by atoms with Crippen LogP contribution in [-0.4, -0.2) is 71.5 Å². The van der Waals surface area contributed by atoms with Gasteiger partial charge in [-0.3, -0.25) is 19.3 Å². The predicted molar refractivity (Wildman–Crippen MR) is 91.9 cm³/mol. The van der Waals surface area contributed by atoms with Crippen molar-refractivity contribution in [3.63, 3.8) is 0 Å². The zero-order valence-electron chi connectivity index (χ0n) is 15.0. The molecule has 140 valence electrons. The Labute approximate surface area is 148 Å². The topological polar surface area (TPSA) is 90.0 Å². The van der Waals surface area contributed by atoms with Crippen molar-refractivity contribution >= 4 is 17.8 Å². The maximum Gasteiger partial charge on any atom is 0.311 e. The second-order valence-electron chi connectivity index (χ2n) is 7.90. The normalized spacial score (nSPS) is 30.8. The van der Waals surface area contributed by atoms with Gasteiger partial charge in [-0.25, -0.2) is 0 Å². The molecule has 7 heteroatoms. The monoisotopic (exact) mass is 351 g/mol. The average molecular weight is 351 g/mol. The molecular weight excluding hydrogens is 322 g/mol.